The first-order valence-electron chi connectivity index (χ1n) is 7.97. The monoisotopic (exact) mass is 418 g/mol. The van der Waals surface area contributed by atoms with Gasteiger partial charge in [0.25, 0.3) is 20.2 Å². The molecule has 0 aromatic heterocycles. The van der Waals surface area contributed by atoms with E-state index in [-0.39, 0.29) is 13.2 Å². The summed E-state index contributed by atoms with van der Waals surface area (Å²) in [4.78, 5) is 0. The molecule has 0 spiro atoms. The van der Waals surface area contributed by atoms with Gasteiger partial charge in [0.15, 0.2) is 11.6 Å². The molecule has 0 aromatic carbocycles. The molecule has 0 aliphatic carbocycles. The van der Waals surface area contributed by atoms with Gasteiger partial charge in [-0.2, -0.15) is 16.8 Å². The van der Waals surface area contributed by atoms with Crippen molar-refractivity contribution in [1.82, 2.24) is 0 Å². The molecular formula is C14H26O10S2. The molecule has 26 heavy (non-hydrogen) atoms. The SMILES string of the molecule is CC1(C)OCC([C@@H](OS(C)(=O)=O)C2OC(C)(C)O[C@H]2COS(C)(=O)=O)O1. The van der Waals surface area contributed by atoms with Crippen molar-refractivity contribution in [2.24, 2.45) is 0 Å². The zero-order valence-electron chi connectivity index (χ0n) is 15.6. The second-order valence-electron chi connectivity index (χ2n) is 7.26. The molecule has 2 aliphatic rings. The van der Waals surface area contributed by atoms with E-state index in [1.165, 1.54) is 0 Å². The third kappa shape index (κ3) is 6.37. The molecule has 2 fully saturated rings. The Kier molecular flexibility index (Phi) is 6.12. The van der Waals surface area contributed by atoms with Crippen LogP contribution in [0.5, 0.6) is 0 Å². The summed E-state index contributed by atoms with van der Waals surface area (Å²) in [6.07, 6.45) is -1.90. The average Bonchev–Trinajstić information content (AvgIpc) is 2.91. The highest BCUT2D eigenvalue weighted by Gasteiger charge is 2.52. The van der Waals surface area contributed by atoms with Gasteiger partial charge >= 0.3 is 0 Å². The van der Waals surface area contributed by atoms with Crippen molar-refractivity contribution in [3.8, 4) is 0 Å². The van der Waals surface area contributed by atoms with Gasteiger partial charge in [-0.3, -0.25) is 8.37 Å². The molecule has 154 valence electrons. The van der Waals surface area contributed by atoms with Crippen molar-refractivity contribution in [1.29, 1.82) is 0 Å². The number of ether oxygens (including phenoxy) is 4. The molecule has 4 atom stereocenters. The lowest BCUT2D eigenvalue weighted by Gasteiger charge is -2.29. The first-order valence-corrected chi connectivity index (χ1v) is 11.6. The zero-order valence-corrected chi connectivity index (χ0v) is 17.3. The van der Waals surface area contributed by atoms with E-state index in [9.17, 15) is 16.8 Å². The van der Waals surface area contributed by atoms with Crippen molar-refractivity contribution >= 4 is 20.2 Å². The maximum atomic E-state index is 11.8. The Morgan fingerprint density at radius 1 is 0.962 bits per heavy atom. The van der Waals surface area contributed by atoms with Crippen molar-refractivity contribution in [2.75, 3.05) is 25.7 Å². The molecule has 0 N–H and O–H groups in total. The quantitative estimate of drug-likeness (QED) is 0.521. The number of hydrogen-bond donors (Lipinski definition) is 0. The minimum absolute atomic E-state index is 0.0765. The molecule has 0 aromatic rings. The van der Waals surface area contributed by atoms with Gasteiger partial charge in [0.2, 0.25) is 0 Å². The largest absolute Gasteiger partial charge is 0.348 e. The Hall–Kier alpha value is -0.340. The van der Waals surface area contributed by atoms with E-state index in [0.717, 1.165) is 12.5 Å². The second-order valence-corrected chi connectivity index (χ2v) is 10.5. The van der Waals surface area contributed by atoms with E-state index >= 15 is 0 Å². The molecule has 10 nitrogen and oxygen atoms in total. The number of hydrogen-bond acceptors (Lipinski definition) is 10. The fourth-order valence-corrected chi connectivity index (χ4v) is 3.89. The predicted octanol–water partition coefficient (Wildman–Crippen LogP) is -0.0210. The molecular weight excluding hydrogens is 392 g/mol. The highest BCUT2D eigenvalue weighted by molar-refractivity contribution is 7.86. The van der Waals surface area contributed by atoms with E-state index in [2.05, 4.69) is 0 Å². The van der Waals surface area contributed by atoms with Crippen LogP contribution in [0, 0.1) is 0 Å². The molecule has 0 saturated carbocycles. The van der Waals surface area contributed by atoms with Gasteiger partial charge in [0.05, 0.1) is 25.7 Å². The minimum atomic E-state index is -3.87. The van der Waals surface area contributed by atoms with Gasteiger partial charge in [-0.25, -0.2) is 0 Å². The van der Waals surface area contributed by atoms with Gasteiger partial charge in [-0.15, -0.1) is 0 Å². The van der Waals surface area contributed by atoms with Gasteiger partial charge in [-0.1, -0.05) is 0 Å². The summed E-state index contributed by atoms with van der Waals surface area (Å²) >= 11 is 0. The summed E-state index contributed by atoms with van der Waals surface area (Å²) < 4.78 is 78.8. The summed E-state index contributed by atoms with van der Waals surface area (Å²) in [7, 11) is -7.59. The van der Waals surface area contributed by atoms with Crippen LogP contribution in [0.4, 0.5) is 0 Å². The first-order chi connectivity index (χ1) is 11.6. The topological polar surface area (TPSA) is 124 Å². The van der Waals surface area contributed by atoms with Crippen LogP contribution in [0.25, 0.3) is 0 Å². The lowest BCUT2D eigenvalue weighted by molar-refractivity contribution is -0.174. The Bertz CT molecular complexity index is 712. The van der Waals surface area contributed by atoms with Gasteiger partial charge in [-0.05, 0) is 27.7 Å². The predicted molar refractivity (Wildman–Crippen MR) is 89.2 cm³/mol. The van der Waals surface area contributed by atoms with Crippen molar-refractivity contribution < 1.29 is 44.1 Å². The van der Waals surface area contributed by atoms with Crippen LogP contribution in [0.2, 0.25) is 0 Å². The lowest BCUT2D eigenvalue weighted by Crippen LogP contribution is -2.48. The van der Waals surface area contributed by atoms with Gasteiger partial charge < -0.3 is 18.9 Å². The van der Waals surface area contributed by atoms with E-state index < -0.39 is 56.2 Å². The summed E-state index contributed by atoms with van der Waals surface area (Å²) in [6.45, 7) is 6.33. The summed E-state index contributed by atoms with van der Waals surface area (Å²) in [5.74, 6) is -2.01. The van der Waals surface area contributed by atoms with Crippen LogP contribution < -0.4 is 0 Å². The Balaban J connectivity index is 2.27. The molecule has 0 radical (unpaired) electrons. The van der Waals surface area contributed by atoms with Crippen molar-refractivity contribution in [3.63, 3.8) is 0 Å². The smallest absolute Gasteiger partial charge is 0.264 e. The molecule has 2 heterocycles. The Morgan fingerprint density at radius 3 is 2.04 bits per heavy atom. The molecule has 2 rings (SSSR count). The highest BCUT2D eigenvalue weighted by Crippen LogP contribution is 2.36. The van der Waals surface area contributed by atoms with E-state index in [1.54, 1.807) is 27.7 Å². The van der Waals surface area contributed by atoms with Crippen LogP contribution in [0.1, 0.15) is 27.7 Å². The van der Waals surface area contributed by atoms with E-state index in [1.807, 2.05) is 0 Å². The molecule has 0 bridgehead atoms. The molecule has 2 unspecified atom stereocenters. The maximum Gasteiger partial charge on any atom is 0.264 e. The Morgan fingerprint density at radius 2 is 1.58 bits per heavy atom. The van der Waals surface area contributed by atoms with Crippen LogP contribution in [0.15, 0.2) is 0 Å². The van der Waals surface area contributed by atoms with Crippen molar-refractivity contribution in [3.05, 3.63) is 0 Å². The van der Waals surface area contributed by atoms with Crippen LogP contribution >= 0.6 is 0 Å². The minimum Gasteiger partial charge on any atom is -0.348 e. The first kappa shape index (κ1) is 22.0. The zero-order chi connectivity index (χ0) is 20.0. The summed E-state index contributed by atoms with van der Waals surface area (Å²) in [5.41, 5.74) is 0. The molecule has 12 heteroatoms. The highest BCUT2D eigenvalue weighted by atomic mass is 32.2. The summed E-state index contributed by atoms with van der Waals surface area (Å²) in [6, 6.07) is 0. The molecule has 2 saturated heterocycles. The summed E-state index contributed by atoms with van der Waals surface area (Å²) in [5, 5.41) is 0. The fraction of sp³-hybridized carbons (Fsp3) is 1.00. The third-order valence-corrected chi connectivity index (χ3v) is 4.81. The average molecular weight is 418 g/mol. The molecule has 2 aliphatic heterocycles. The lowest BCUT2D eigenvalue weighted by atomic mass is 10.0. The van der Waals surface area contributed by atoms with E-state index in [4.69, 9.17) is 27.3 Å². The maximum absolute atomic E-state index is 11.8. The van der Waals surface area contributed by atoms with Crippen LogP contribution in [-0.4, -0.2) is 78.6 Å². The van der Waals surface area contributed by atoms with Gasteiger partial charge in [0, 0.05) is 0 Å². The molecule has 0 amide bonds. The standard InChI is InChI=1S/C14H26O10S2/c1-13(2)19-7-9(21-13)12(24-26(6,17)18)11-10(8-20-25(5,15)16)22-14(3,4)23-11/h9-12H,7-8H2,1-6H3/t9?,10-,11?,12+/m0/s1. The Labute approximate surface area is 154 Å². The third-order valence-electron chi connectivity index (χ3n) is 3.67. The fourth-order valence-electron chi connectivity index (χ4n) is 2.87. The normalized spacial score (nSPS) is 32.6. The van der Waals surface area contributed by atoms with Crippen LogP contribution in [0.3, 0.4) is 0 Å². The second kappa shape index (κ2) is 7.24. The number of rotatable bonds is 7. The van der Waals surface area contributed by atoms with Crippen LogP contribution in [-0.2, 0) is 47.5 Å². The van der Waals surface area contributed by atoms with Crippen molar-refractivity contribution in [2.45, 2.75) is 63.7 Å². The van der Waals surface area contributed by atoms with Gasteiger partial charge in [0.1, 0.15) is 24.4 Å². The van der Waals surface area contributed by atoms with E-state index in [0.29, 0.717) is 0 Å².